The van der Waals surface area contributed by atoms with E-state index in [-0.39, 0.29) is 11.8 Å². The molecule has 0 saturated heterocycles. The van der Waals surface area contributed by atoms with Gasteiger partial charge in [0.1, 0.15) is 0 Å². The fraction of sp³-hybridized carbons (Fsp3) is 0.125. The van der Waals surface area contributed by atoms with E-state index in [1.807, 2.05) is 36.4 Å². The molecular weight excluding hydrogens is 252 g/mol. The van der Waals surface area contributed by atoms with Crippen LogP contribution in [0.3, 0.4) is 0 Å². The molecule has 2 aromatic carbocycles. The van der Waals surface area contributed by atoms with Crippen molar-refractivity contribution in [3.8, 4) is 0 Å². The van der Waals surface area contributed by atoms with E-state index >= 15 is 0 Å². The lowest BCUT2D eigenvalue weighted by atomic mass is 9.92. The van der Waals surface area contributed by atoms with Gasteiger partial charge in [-0.25, -0.2) is 0 Å². The van der Waals surface area contributed by atoms with E-state index in [9.17, 15) is 9.59 Å². The number of likely N-dealkylation sites (N-methyl/N-ethyl adjacent to an activating group) is 1. The third kappa shape index (κ3) is 1.77. The molecule has 0 fully saturated rings. The predicted molar refractivity (Wildman–Crippen MR) is 76.7 cm³/mol. The summed E-state index contributed by atoms with van der Waals surface area (Å²) < 4.78 is 0. The third-order valence-electron chi connectivity index (χ3n) is 3.70. The Morgan fingerprint density at radius 1 is 1.15 bits per heavy atom. The van der Waals surface area contributed by atoms with Gasteiger partial charge in [-0.05, 0) is 23.3 Å². The van der Waals surface area contributed by atoms with Crippen molar-refractivity contribution in [3.63, 3.8) is 0 Å². The van der Waals surface area contributed by atoms with Gasteiger partial charge in [0, 0.05) is 18.3 Å². The third-order valence-corrected chi connectivity index (χ3v) is 3.70. The Labute approximate surface area is 116 Å². The van der Waals surface area contributed by atoms with Gasteiger partial charge in [0.25, 0.3) is 0 Å². The van der Waals surface area contributed by atoms with Crippen molar-refractivity contribution in [2.24, 2.45) is 5.73 Å². The van der Waals surface area contributed by atoms with E-state index in [0.717, 1.165) is 16.8 Å². The SMILES string of the molecule is CN1C(=O)C(c2ccccc2)c2ccc(C(N)=O)cc21. The summed E-state index contributed by atoms with van der Waals surface area (Å²) in [5.74, 6) is -0.789. The van der Waals surface area contributed by atoms with Gasteiger partial charge in [-0.3, -0.25) is 9.59 Å². The minimum absolute atomic E-state index is 0.00724. The summed E-state index contributed by atoms with van der Waals surface area (Å²) in [6, 6.07) is 14.8. The highest BCUT2D eigenvalue weighted by Gasteiger charge is 2.36. The van der Waals surface area contributed by atoms with Gasteiger partial charge in [0.2, 0.25) is 11.8 Å². The molecule has 3 rings (SSSR count). The molecule has 4 heteroatoms. The molecule has 1 aliphatic heterocycles. The summed E-state index contributed by atoms with van der Waals surface area (Å²) in [6.45, 7) is 0. The van der Waals surface area contributed by atoms with Crippen LogP contribution in [-0.4, -0.2) is 18.9 Å². The quantitative estimate of drug-likeness (QED) is 0.902. The molecule has 0 saturated carbocycles. The molecule has 1 aliphatic rings. The number of fused-ring (bicyclic) bond motifs is 1. The summed E-state index contributed by atoms with van der Waals surface area (Å²) >= 11 is 0. The fourth-order valence-corrected chi connectivity index (χ4v) is 2.64. The number of amides is 2. The maximum atomic E-state index is 12.5. The molecule has 1 heterocycles. The smallest absolute Gasteiger partial charge is 0.248 e. The lowest BCUT2D eigenvalue weighted by Crippen LogP contribution is -2.24. The predicted octanol–water partition coefficient (Wildman–Crippen LogP) is 1.89. The van der Waals surface area contributed by atoms with Crippen LogP contribution in [0.25, 0.3) is 0 Å². The van der Waals surface area contributed by atoms with E-state index in [4.69, 9.17) is 5.73 Å². The molecule has 4 nitrogen and oxygen atoms in total. The average Bonchev–Trinajstić information content (AvgIpc) is 2.71. The Morgan fingerprint density at radius 3 is 2.50 bits per heavy atom. The lowest BCUT2D eigenvalue weighted by molar-refractivity contribution is -0.118. The Bertz CT molecular complexity index is 695. The molecule has 2 N–H and O–H groups in total. The number of benzene rings is 2. The van der Waals surface area contributed by atoms with E-state index in [0.29, 0.717) is 5.56 Å². The van der Waals surface area contributed by atoms with Gasteiger partial charge >= 0.3 is 0 Å². The highest BCUT2D eigenvalue weighted by atomic mass is 16.2. The van der Waals surface area contributed by atoms with Gasteiger partial charge in [-0.2, -0.15) is 0 Å². The molecule has 0 spiro atoms. The molecule has 1 atom stereocenters. The standard InChI is InChI=1S/C16H14N2O2/c1-18-13-9-11(15(17)19)7-8-12(13)14(16(18)20)10-5-3-2-4-6-10/h2-9,14H,1H3,(H2,17,19). The minimum Gasteiger partial charge on any atom is -0.366 e. The monoisotopic (exact) mass is 266 g/mol. The minimum atomic E-state index is -0.489. The van der Waals surface area contributed by atoms with Gasteiger partial charge in [-0.15, -0.1) is 0 Å². The molecule has 20 heavy (non-hydrogen) atoms. The second kappa shape index (κ2) is 4.49. The van der Waals surface area contributed by atoms with Crippen LogP contribution in [0.2, 0.25) is 0 Å². The Hall–Kier alpha value is -2.62. The van der Waals surface area contributed by atoms with Crippen molar-refractivity contribution in [2.75, 3.05) is 11.9 Å². The van der Waals surface area contributed by atoms with Gasteiger partial charge in [0.15, 0.2) is 0 Å². The highest BCUT2D eigenvalue weighted by Crippen LogP contribution is 2.40. The van der Waals surface area contributed by atoms with Crippen molar-refractivity contribution in [1.29, 1.82) is 0 Å². The summed E-state index contributed by atoms with van der Waals surface area (Å²) in [7, 11) is 1.72. The van der Waals surface area contributed by atoms with Crippen molar-refractivity contribution in [3.05, 3.63) is 65.2 Å². The highest BCUT2D eigenvalue weighted by molar-refractivity contribution is 6.08. The molecule has 2 aromatic rings. The van der Waals surface area contributed by atoms with E-state index in [2.05, 4.69) is 0 Å². The zero-order chi connectivity index (χ0) is 14.3. The molecule has 0 aromatic heterocycles. The number of nitrogens with zero attached hydrogens (tertiary/aromatic N) is 1. The number of carbonyl (C=O) groups is 2. The number of primary amides is 1. The summed E-state index contributed by atoms with van der Waals surface area (Å²) in [5, 5.41) is 0. The average molecular weight is 266 g/mol. The number of hydrogen-bond acceptors (Lipinski definition) is 2. The Kier molecular flexibility index (Phi) is 2.79. The summed E-state index contributed by atoms with van der Waals surface area (Å²) in [5.41, 5.74) is 8.32. The van der Waals surface area contributed by atoms with Crippen LogP contribution < -0.4 is 10.6 Å². The largest absolute Gasteiger partial charge is 0.366 e. The van der Waals surface area contributed by atoms with Gasteiger partial charge in [0.05, 0.1) is 5.92 Å². The maximum Gasteiger partial charge on any atom is 0.248 e. The van der Waals surface area contributed by atoms with Crippen molar-refractivity contribution in [2.45, 2.75) is 5.92 Å². The first kappa shape index (κ1) is 12.4. The molecule has 100 valence electrons. The van der Waals surface area contributed by atoms with Crippen molar-refractivity contribution >= 4 is 17.5 Å². The summed E-state index contributed by atoms with van der Waals surface area (Å²) in [4.78, 5) is 25.3. The maximum absolute atomic E-state index is 12.5. The Balaban J connectivity index is 2.14. The van der Waals surface area contributed by atoms with Crippen LogP contribution >= 0.6 is 0 Å². The zero-order valence-corrected chi connectivity index (χ0v) is 11.0. The van der Waals surface area contributed by atoms with Gasteiger partial charge in [-0.1, -0.05) is 36.4 Å². The molecule has 2 amide bonds. The molecule has 0 radical (unpaired) electrons. The normalized spacial score (nSPS) is 17.1. The first-order valence-electron chi connectivity index (χ1n) is 6.36. The van der Waals surface area contributed by atoms with Crippen LogP contribution in [0, 0.1) is 0 Å². The first-order chi connectivity index (χ1) is 9.59. The number of hydrogen-bond donors (Lipinski definition) is 1. The van der Waals surface area contributed by atoms with Crippen LogP contribution in [0.15, 0.2) is 48.5 Å². The number of carbonyl (C=O) groups excluding carboxylic acids is 2. The molecular formula is C16H14N2O2. The van der Waals surface area contributed by atoms with E-state index in [1.54, 1.807) is 24.1 Å². The second-order valence-corrected chi connectivity index (χ2v) is 4.88. The lowest BCUT2D eigenvalue weighted by Gasteiger charge is -2.11. The molecule has 0 aliphatic carbocycles. The van der Waals surface area contributed by atoms with Crippen LogP contribution in [0.1, 0.15) is 27.4 Å². The number of anilines is 1. The van der Waals surface area contributed by atoms with E-state index < -0.39 is 5.91 Å². The molecule has 0 bridgehead atoms. The number of rotatable bonds is 2. The second-order valence-electron chi connectivity index (χ2n) is 4.88. The van der Waals surface area contributed by atoms with Crippen LogP contribution in [0.5, 0.6) is 0 Å². The molecule has 1 unspecified atom stereocenters. The Morgan fingerprint density at radius 2 is 1.85 bits per heavy atom. The number of nitrogens with two attached hydrogens (primary N) is 1. The van der Waals surface area contributed by atoms with E-state index in [1.165, 1.54) is 0 Å². The van der Waals surface area contributed by atoms with Crippen LogP contribution in [0.4, 0.5) is 5.69 Å². The fourth-order valence-electron chi connectivity index (χ4n) is 2.64. The topological polar surface area (TPSA) is 63.4 Å². The summed E-state index contributed by atoms with van der Waals surface area (Å²) in [6.07, 6.45) is 0. The first-order valence-corrected chi connectivity index (χ1v) is 6.36. The van der Waals surface area contributed by atoms with Gasteiger partial charge < -0.3 is 10.6 Å². The van der Waals surface area contributed by atoms with Crippen molar-refractivity contribution < 1.29 is 9.59 Å². The zero-order valence-electron chi connectivity index (χ0n) is 11.0. The van der Waals surface area contributed by atoms with Crippen molar-refractivity contribution in [1.82, 2.24) is 0 Å². The van der Waals surface area contributed by atoms with Crippen LogP contribution in [-0.2, 0) is 4.79 Å².